The Bertz CT molecular complexity index is 3460. The van der Waals surface area contributed by atoms with Crippen LogP contribution in [0.25, 0.3) is 83.5 Å². The fourth-order valence-electron chi connectivity index (χ4n) is 6.58. The van der Waals surface area contributed by atoms with Crippen molar-refractivity contribution in [2.75, 3.05) is 105 Å². The molecule has 1 aliphatic heterocycles. The summed E-state index contributed by atoms with van der Waals surface area (Å²) in [6.07, 6.45) is 0.00899. The molecule has 67 heteroatoms. The quantitative estimate of drug-likeness (QED) is 0.0132. The highest BCUT2D eigenvalue weighted by atomic mass is 16.6. The third-order valence-corrected chi connectivity index (χ3v) is 12.7. The smallest absolute Gasteiger partial charge is 0.407 e. The molecule has 1 aromatic heterocycles. The number of likely N-dealkylation sites (tertiary alicyclic amines) is 1. The minimum Gasteiger partial charge on any atom is -0.480 e. The summed E-state index contributed by atoms with van der Waals surface area (Å²) in [4.78, 5) is 181. The number of carbonyl (C=O) groups is 15. The van der Waals surface area contributed by atoms with Crippen LogP contribution >= 0.6 is 0 Å². The summed E-state index contributed by atoms with van der Waals surface area (Å²) in [5.41, 5.74) is 106. The third kappa shape index (κ3) is 74.4. The maximum Gasteiger partial charge on any atom is 0.407 e. The number of nitrogens with zero attached hydrogens (tertiary/aromatic N) is 27. The van der Waals surface area contributed by atoms with Crippen molar-refractivity contribution in [2.24, 2.45) is 86.8 Å². The Labute approximate surface area is 674 Å². The molecule has 7 amide bonds. The van der Waals surface area contributed by atoms with Crippen molar-refractivity contribution in [2.45, 2.75) is 125 Å². The fourth-order valence-corrected chi connectivity index (χ4v) is 6.58. The van der Waals surface area contributed by atoms with Gasteiger partial charge in [-0.1, -0.05) is 40.9 Å². The largest absolute Gasteiger partial charge is 0.480 e. The zero-order chi connectivity index (χ0) is 92.8. The Morgan fingerprint density at radius 3 is 1.32 bits per heavy atom. The first-order valence-electron chi connectivity index (χ1n) is 33.7. The van der Waals surface area contributed by atoms with E-state index in [1.807, 2.05) is 0 Å². The van der Waals surface area contributed by atoms with Crippen molar-refractivity contribution >= 4 is 89.5 Å². The second kappa shape index (κ2) is 76.6. The number of alkyl carbamates (subject to hydrolysis) is 2. The molecule has 666 valence electrons. The normalized spacial score (nSPS) is 12.6. The van der Waals surface area contributed by atoms with Crippen LogP contribution in [0.5, 0.6) is 0 Å². The van der Waals surface area contributed by atoms with E-state index in [4.69, 9.17) is 131 Å². The van der Waals surface area contributed by atoms with Gasteiger partial charge in [-0.05, 0) is 69.9 Å². The summed E-state index contributed by atoms with van der Waals surface area (Å²) in [7, 11) is 0. The number of aromatic nitrogens is 3. The van der Waals surface area contributed by atoms with Crippen LogP contribution in [0.1, 0.15) is 69.2 Å². The molecule has 1 saturated heterocycles. The number of Topliss-reactive ketones (excluding diaryl/α,β-unsaturated/α-hetero) is 1. The molecular formula is C53H94N42O25. The number of urea groups is 1. The SMILES string of the molecule is [N-]=[N+]=NC1CCN(C(=O)C[C@H](N)C(=O)O)C1.[N-]=[N+]=NCCCC(=O)C[C@H](N)C(=O)O.[N-]=[N+]=NCCCC(=O)NC[C@H](N)C(=O)O.[N-]=[N+]=NCCNC(=O)CC[C@H](N)C(=O)O.[N-]=[N+]=NCCNC(=O)NC[C@H](N)C(=O)O.[N-]=[N+]=NCCNC(=O)OC[C@H](N)C(=O)O.[N-]=[N+]=NCCOC(=O)NC[C@H](N)C(=O)O.[N-]=[N+]=NCc1n[nH]nc1C[C@H](N)C(=O)O. The third-order valence-electron chi connectivity index (χ3n) is 12.7. The van der Waals surface area contributed by atoms with Crippen LogP contribution in [0.15, 0.2) is 40.9 Å². The first kappa shape index (κ1) is 116. The lowest BCUT2D eigenvalue weighted by Crippen LogP contribution is -2.46. The van der Waals surface area contributed by atoms with Gasteiger partial charge in [0.05, 0.1) is 43.5 Å². The molecule has 31 N–H and O–H groups in total. The molecule has 1 fully saturated rings. The second-order valence-corrected chi connectivity index (χ2v) is 22.1. The van der Waals surface area contributed by atoms with E-state index in [9.17, 15) is 71.9 Å². The Kier molecular flexibility index (Phi) is 73.9. The molecule has 0 bridgehead atoms. The van der Waals surface area contributed by atoms with Crippen molar-refractivity contribution in [3.8, 4) is 0 Å². The molecule has 1 aliphatic rings. The highest BCUT2D eigenvalue weighted by molar-refractivity contribution is 5.86. The number of aromatic amines is 1. The van der Waals surface area contributed by atoms with E-state index < -0.39 is 121 Å². The Balaban J connectivity index is -0.000000310. The predicted octanol–water partition coefficient (Wildman–Crippen LogP) is -3.20. The molecule has 1 unspecified atom stereocenters. The topological polar surface area (TPSA) is 1150 Å². The number of carboxylic acid groups (broad SMARTS) is 8. The lowest BCUT2D eigenvalue weighted by molar-refractivity contribution is -0.142. The number of rotatable bonds is 48. The van der Waals surface area contributed by atoms with Gasteiger partial charge in [-0.15, -0.1) is 0 Å². The van der Waals surface area contributed by atoms with Crippen molar-refractivity contribution in [1.29, 1.82) is 0 Å². The summed E-state index contributed by atoms with van der Waals surface area (Å²) in [6.45, 7) is 1.31. The number of azide groups is 8. The zero-order valence-corrected chi connectivity index (χ0v) is 63.5. The number of ketones is 1. The molecule has 0 saturated carbocycles. The molecule has 9 atom stereocenters. The van der Waals surface area contributed by atoms with Crippen LogP contribution in [0.4, 0.5) is 14.4 Å². The highest BCUT2D eigenvalue weighted by Gasteiger charge is 2.28. The van der Waals surface area contributed by atoms with E-state index in [1.165, 1.54) is 4.90 Å². The van der Waals surface area contributed by atoms with E-state index in [1.54, 1.807) is 0 Å². The summed E-state index contributed by atoms with van der Waals surface area (Å²) < 4.78 is 8.97. The molecule has 2 heterocycles. The van der Waals surface area contributed by atoms with Gasteiger partial charge in [0.1, 0.15) is 60.7 Å². The summed E-state index contributed by atoms with van der Waals surface area (Å²) in [6, 6.07) is -9.78. The van der Waals surface area contributed by atoms with Gasteiger partial charge in [0.2, 0.25) is 17.7 Å². The second-order valence-electron chi connectivity index (χ2n) is 22.1. The van der Waals surface area contributed by atoms with Crippen molar-refractivity contribution in [3.63, 3.8) is 0 Å². The van der Waals surface area contributed by atoms with Gasteiger partial charge in [0, 0.05) is 156 Å². The number of carboxylic acids is 8. The summed E-state index contributed by atoms with van der Waals surface area (Å²) in [5, 5.41) is 117. The first-order chi connectivity index (χ1) is 56.6. The number of aliphatic carboxylic acids is 8. The number of amides is 7. The monoisotopic (exact) mass is 1720 g/mol. The molecule has 120 heavy (non-hydrogen) atoms. The van der Waals surface area contributed by atoms with Crippen molar-refractivity contribution in [3.05, 3.63) is 94.9 Å². The number of ether oxygens (including phenoxy) is 2. The number of hydrogen-bond donors (Lipinski definition) is 23. The van der Waals surface area contributed by atoms with Gasteiger partial charge in [-0.25, -0.2) is 14.4 Å². The highest BCUT2D eigenvalue weighted by Crippen LogP contribution is 2.14. The maximum atomic E-state index is 11.6. The molecule has 0 radical (unpaired) electrons. The summed E-state index contributed by atoms with van der Waals surface area (Å²) in [5.74, 6) is -10.6. The minimum atomic E-state index is -1.25. The first-order valence-corrected chi connectivity index (χ1v) is 33.7. The van der Waals surface area contributed by atoms with Gasteiger partial charge in [-0.2, -0.15) is 15.4 Å². The number of nitrogens with one attached hydrogen (secondary N) is 7. The lowest BCUT2D eigenvalue weighted by atomic mass is 10.1. The molecular weight excluding hydrogens is 1620 g/mol. The van der Waals surface area contributed by atoms with E-state index in [2.05, 4.69) is 137 Å². The van der Waals surface area contributed by atoms with E-state index in [-0.39, 0.29) is 166 Å². The zero-order valence-electron chi connectivity index (χ0n) is 63.5. The number of carbonyl (C=O) groups excluding carboxylic acids is 7. The van der Waals surface area contributed by atoms with Crippen molar-refractivity contribution in [1.82, 2.24) is 52.2 Å². The molecule has 0 spiro atoms. The van der Waals surface area contributed by atoms with E-state index in [0.29, 0.717) is 43.7 Å². The van der Waals surface area contributed by atoms with Gasteiger partial charge in [0.15, 0.2) is 0 Å². The van der Waals surface area contributed by atoms with Crippen LogP contribution in [0.2, 0.25) is 0 Å². The molecule has 1 aromatic rings. The average Bonchev–Trinajstić information content (AvgIpc) is 1.74. The van der Waals surface area contributed by atoms with Crippen molar-refractivity contribution < 1.29 is 122 Å². The number of nitrogens with two attached hydrogens (primary N) is 8. The molecule has 0 aromatic carbocycles. The molecule has 2 rings (SSSR count). The fraction of sp³-hybridized carbons (Fsp3) is 0.679. The van der Waals surface area contributed by atoms with Gasteiger partial charge >= 0.3 is 66.0 Å². The van der Waals surface area contributed by atoms with Gasteiger partial charge in [0.25, 0.3) is 0 Å². The lowest BCUT2D eigenvalue weighted by Gasteiger charge is -2.16. The van der Waals surface area contributed by atoms with Gasteiger partial charge < -0.3 is 133 Å². The average molecular weight is 1720 g/mol. The molecule has 67 nitrogen and oxygen atoms in total. The van der Waals surface area contributed by atoms with Gasteiger partial charge in [-0.3, -0.25) is 57.5 Å². The number of hydrogen-bond acceptors (Lipinski definition) is 35. The summed E-state index contributed by atoms with van der Waals surface area (Å²) >= 11 is 0. The Morgan fingerprint density at radius 1 is 0.433 bits per heavy atom. The maximum absolute atomic E-state index is 11.6. The van der Waals surface area contributed by atoms with Crippen LogP contribution in [-0.4, -0.2) is 310 Å². The van der Waals surface area contributed by atoms with Crippen LogP contribution in [-0.2, 0) is 80.0 Å². The van der Waals surface area contributed by atoms with Crippen LogP contribution < -0.4 is 77.8 Å². The minimum absolute atomic E-state index is 0.0225. The van der Waals surface area contributed by atoms with E-state index >= 15 is 0 Å². The molecule has 0 aliphatic carbocycles. The number of H-pyrrole nitrogens is 1. The van der Waals surface area contributed by atoms with E-state index in [0.717, 1.165) is 0 Å². The van der Waals surface area contributed by atoms with Crippen LogP contribution in [0.3, 0.4) is 0 Å². The Hall–Kier alpha value is -15.0. The predicted molar refractivity (Wildman–Crippen MR) is 404 cm³/mol. The van der Waals surface area contributed by atoms with Crippen LogP contribution in [0, 0.1) is 0 Å². The standard InChI is InChI=1S/C8H13N5O3.2C7H13N5O3.C7H12N4O3.C6H9N7O2.C6H12N6O3.2C6H11N5O4/c9-6(8(15)16)3-7(14)13-2-1-5(4-13)11-12-10;8-5(7(14)15)1-2-6(13)10-3-4-11-12-9;8-5(7(14)15)4-10-6(13)2-1-3-11-12-9;8-6(7(13)14)4-5(12)2-1-3-10-11-9;7-3(6(14)15)1-4-5(2-9-12-8)11-13-10-4;7-4(5(13)14)3-10-6(15)9-1-2-11-12-8;7-4(5(12)13)3-9-6(14)15-2-1-10-11-8;7-4(5(12)13)3-15-6(14)9-1-2-10-11-8/h5-6H,1-4,9H2,(H,15,16);2*5H,1-4,8H2,(H,10,13)(H,14,15);6H,1-4,8H2,(H,13,14);3H,1-2,7H2,(H,14,15)(H,10,11,13);4H,1-3,7H2,(H,13,14)(H2,9,10,15);2*4H,1-3,7H2,(H,9,14)(H,12,13)/t5?,6-;2*5-;6-;3-;3*4-/m00000000/s1. The Morgan fingerprint density at radius 2 is 0.842 bits per heavy atom.